The Morgan fingerprint density at radius 3 is 2.72 bits per heavy atom. The normalized spacial score (nSPS) is 15.6. The molecular weight excluding hydrogens is 362 g/mol. The van der Waals surface area contributed by atoms with Gasteiger partial charge in [-0.25, -0.2) is 4.98 Å². The van der Waals surface area contributed by atoms with E-state index in [4.69, 9.17) is 15.7 Å². The minimum atomic E-state index is -0.525. The van der Waals surface area contributed by atoms with Crippen molar-refractivity contribution in [2.75, 3.05) is 11.1 Å². The molecule has 1 saturated carbocycles. The van der Waals surface area contributed by atoms with E-state index in [1.165, 1.54) is 19.3 Å². The number of hydrogen-bond donors (Lipinski definition) is 2. The van der Waals surface area contributed by atoms with Gasteiger partial charge in [-0.2, -0.15) is 10.2 Å². The predicted molar refractivity (Wildman–Crippen MR) is 116 cm³/mol. The fourth-order valence-corrected chi connectivity index (χ4v) is 3.89. The van der Waals surface area contributed by atoms with E-state index in [0.29, 0.717) is 11.8 Å². The number of nitriles is 1. The van der Waals surface area contributed by atoms with Crippen LogP contribution in [0.15, 0.2) is 42.5 Å². The summed E-state index contributed by atoms with van der Waals surface area (Å²) >= 11 is 0. The Balaban J connectivity index is 1.75. The summed E-state index contributed by atoms with van der Waals surface area (Å²) in [5.41, 5.74) is 8.68. The molecule has 0 saturated heterocycles. The van der Waals surface area contributed by atoms with E-state index in [2.05, 4.69) is 27.4 Å². The van der Waals surface area contributed by atoms with Crippen LogP contribution in [0.4, 0.5) is 11.8 Å². The maximum atomic E-state index is 9.11. The van der Waals surface area contributed by atoms with E-state index >= 15 is 0 Å². The Kier molecular flexibility index (Phi) is 5.48. The first-order valence-corrected chi connectivity index (χ1v) is 10.1. The summed E-state index contributed by atoms with van der Waals surface area (Å²) in [6.07, 6.45) is 5.55. The van der Waals surface area contributed by atoms with Crippen molar-refractivity contribution in [1.82, 2.24) is 9.97 Å². The Morgan fingerprint density at radius 1 is 1.14 bits per heavy atom. The largest absolute Gasteiger partial charge is 0.475 e. The Bertz CT molecular complexity index is 1050. The molecule has 1 fully saturated rings. The topological polar surface area (TPSA) is 96.8 Å². The lowest BCUT2D eigenvalue weighted by Gasteiger charge is -2.24. The number of aromatic nitrogens is 2. The Morgan fingerprint density at radius 2 is 1.93 bits per heavy atom. The number of hydrogen-bond acceptors (Lipinski definition) is 6. The Labute approximate surface area is 170 Å². The van der Waals surface area contributed by atoms with Gasteiger partial charge in [-0.05, 0) is 43.5 Å². The van der Waals surface area contributed by atoms with Crippen LogP contribution >= 0.6 is 0 Å². The highest BCUT2D eigenvalue weighted by molar-refractivity contribution is 5.94. The third kappa shape index (κ3) is 4.24. The minimum absolute atomic E-state index is 0.273. The zero-order chi connectivity index (χ0) is 20.2. The van der Waals surface area contributed by atoms with Gasteiger partial charge in [0.25, 0.3) is 0 Å². The van der Waals surface area contributed by atoms with Crippen LogP contribution in [0.1, 0.15) is 39.0 Å². The van der Waals surface area contributed by atoms with Crippen molar-refractivity contribution in [3.05, 3.63) is 42.5 Å². The van der Waals surface area contributed by atoms with Gasteiger partial charge < -0.3 is 15.8 Å². The molecule has 0 spiro atoms. The molecule has 0 amide bonds. The van der Waals surface area contributed by atoms with E-state index in [1.54, 1.807) is 6.92 Å². The molecule has 6 heteroatoms. The van der Waals surface area contributed by atoms with Crippen LogP contribution in [-0.4, -0.2) is 22.1 Å². The average molecular weight is 387 g/mol. The summed E-state index contributed by atoms with van der Waals surface area (Å²) in [5.74, 6) is 1.74. The molecule has 2 aromatic carbocycles. The van der Waals surface area contributed by atoms with Crippen LogP contribution in [0, 0.1) is 11.3 Å². The molecule has 0 bridgehead atoms. The number of benzene rings is 2. The highest BCUT2D eigenvalue weighted by Gasteiger charge is 2.17. The van der Waals surface area contributed by atoms with E-state index < -0.39 is 6.10 Å². The molecule has 1 heterocycles. The van der Waals surface area contributed by atoms with Crippen molar-refractivity contribution < 1.29 is 4.74 Å². The van der Waals surface area contributed by atoms with Gasteiger partial charge in [0.05, 0.1) is 5.52 Å². The number of nitrogen functional groups attached to an aromatic ring is 1. The summed E-state index contributed by atoms with van der Waals surface area (Å²) < 4.78 is 5.80. The van der Waals surface area contributed by atoms with Gasteiger partial charge >= 0.3 is 0 Å². The van der Waals surface area contributed by atoms with Gasteiger partial charge in [0.15, 0.2) is 6.10 Å². The number of nitrogens with two attached hydrogens (primary N) is 1. The lowest BCUT2D eigenvalue weighted by molar-refractivity contribution is 0.277. The molecule has 1 atom stereocenters. The molecule has 3 N–H and O–H groups in total. The predicted octanol–water partition coefficient (Wildman–Crippen LogP) is 4.91. The number of nitrogens with one attached hydrogen (secondary N) is 1. The Hall–Kier alpha value is -3.33. The molecule has 4 rings (SSSR count). The third-order valence-corrected chi connectivity index (χ3v) is 5.34. The zero-order valence-electron chi connectivity index (χ0n) is 16.6. The van der Waals surface area contributed by atoms with E-state index in [0.717, 1.165) is 40.7 Å². The van der Waals surface area contributed by atoms with Crippen molar-refractivity contribution in [3.8, 4) is 22.9 Å². The quantitative estimate of drug-likeness (QED) is 0.645. The van der Waals surface area contributed by atoms with Crippen LogP contribution in [0.5, 0.6) is 5.75 Å². The monoisotopic (exact) mass is 387 g/mol. The number of nitrogens with zero attached hydrogens (tertiary/aromatic N) is 3. The first-order chi connectivity index (χ1) is 14.1. The van der Waals surface area contributed by atoms with Crippen molar-refractivity contribution >= 4 is 22.7 Å². The molecule has 0 aliphatic heterocycles. The molecule has 3 aromatic rings. The van der Waals surface area contributed by atoms with E-state index in [1.807, 2.05) is 36.4 Å². The first-order valence-electron chi connectivity index (χ1n) is 10.1. The van der Waals surface area contributed by atoms with Gasteiger partial charge in [0.1, 0.15) is 17.6 Å². The van der Waals surface area contributed by atoms with Crippen molar-refractivity contribution in [1.29, 1.82) is 5.26 Å². The SMILES string of the molecule is CC(C#N)Oc1ccccc1-c1ccc2nc(N)nc(NC3CCCCC3)c2c1. The standard InChI is InChI=1S/C23H25N5O/c1-15(14-24)29-21-10-6-5-9-18(21)16-11-12-20-19(13-16)22(28-23(25)27-20)26-17-7-3-2-4-8-17/h5-6,9-13,15,17H,2-4,7-8H2,1H3,(H3,25,26,27,28). The van der Waals surface area contributed by atoms with Crippen LogP contribution < -0.4 is 15.8 Å². The molecule has 6 nitrogen and oxygen atoms in total. The van der Waals surface area contributed by atoms with Gasteiger partial charge in [-0.3, -0.25) is 0 Å². The molecule has 148 valence electrons. The summed E-state index contributed by atoms with van der Waals surface area (Å²) in [4.78, 5) is 8.90. The molecule has 29 heavy (non-hydrogen) atoms. The lowest BCUT2D eigenvalue weighted by Crippen LogP contribution is -2.23. The van der Waals surface area contributed by atoms with Crippen molar-refractivity contribution in [2.24, 2.45) is 0 Å². The highest BCUT2D eigenvalue weighted by atomic mass is 16.5. The van der Waals surface area contributed by atoms with Crippen LogP contribution in [-0.2, 0) is 0 Å². The fourth-order valence-electron chi connectivity index (χ4n) is 3.89. The molecular formula is C23H25N5O. The maximum absolute atomic E-state index is 9.11. The number of fused-ring (bicyclic) bond motifs is 1. The molecule has 1 unspecified atom stereocenters. The molecule has 1 aromatic heterocycles. The maximum Gasteiger partial charge on any atom is 0.222 e. The summed E-state index contributed by atoms with van der Waals surface area (Å²) in [6, 6.07) is 16.3. The second kappa shape index (κ2) is 8.36. The second-order valence-electron chi connectivity index (χ2n) is 7.53. The van der Waals surface area contributed by atoms with Gasteiger partial charge in [0, 0.05) is 17.0 Å². The van der Waals surface area contributed by atoms with Gasteiger partial charge in [-0.1, -0.05) is 43.5 Å². The zero-order valence-corrected chi connectivity index (χ0v) is 16.6. The molecule has 0 radical (unpaired) electrons. The second-order valence-corrected chi connectivity index (χ2v) is 7.53. The van der Waals surface area contributed by atoms with Crippen molar-refractivity contribution in [3.63, 3.8) is 0 Å². The number of anilines is 2. The van der Waals surface area contributed by atoms with Crippen molar-refractivity contribution in [2.45, 2.75) is 51.2 Å². The molecule has 1 aliphatic rings. The van der Waals surface area contributed by atoms with Crippen LogP contribution in [0.25, 0.3) is 22.0 Å². The number of rotatable bonds is 5. The van der Waals surface area contributed by atoms with Crippen LogP contribution in [0.2, 0.25) is 0 Å². The highest BCUT2D eigenvalue weighted by Crippen LogP contribution is 2.34. The molecule has 1 aliphatic carbocycles. The summed E-state index contributed by atoms with van der Waals surface area (Å²) in [7, 11) is 0. The number of ether oxygens (including phenoxy) is 1. The van der Waals surface area contributed by atoms with Gasteiger partial charge in [-0.15, -0.1) is 0 Å². The van der Waals surface area contributed by atoms with E-state index in [-0.39, 0.29) is 5.95 Å². The minimum Gasteiger partial charge on any atom is -0.475 e. The summed E-state index contributed by atoms with van der Waals surface area (Å²) in [6.45, 7) is 1.74. The van der Waals surface area contributed by atoms with Gasteiger partial charge in [0.2, 0.25) is 5.95 Å². The van der Waals surface area contributed by atoms with E-state index in [9.17, 15) is 0 Å². The number of para-hydroxylation sites is 1. The average Bonchev–Trinajstić information content (AvgIpc) is 2.74. The smallest absolute Gasteiger partial charge is 0.222 e. The fraction of sp³-hybridized carbons (Fsp3) is 0.348. The first kappa shape index (κ1) is 19.0. The lowest BCUT2D eigenvalue weighted by atomic mass is 9.95. The summed E-state index contributed by atoms with van der Waals surface area (Å²) in [5, 5.41) is 13.6. The third-order valence-electron chi connectivity index (χ3n) is 5.34. The van der Waals surface area contributed by atoms with Crippen LogP contribution in [0.3, 0.4) is 0 Å².